The number of hydrogen-bond acceptors (Lipinski definition) is 10. The SMILES string of the molecule is Cc1nonc1Cn1nnc2c(N3CCC(SC#N)C3)nc(C(F)(F)c3ccccc3)nc21. The number of alkyl halides is 2. The summed E-state index contributed by atoms with van der Waals surface area (Å²) in [7, 11) is 0. The summed E-state index contributed by atoms with van der Waals surface area (Å²) in [5.41, 5.74) is 1.29. The number of nitrogens with zero attached hydrogens (tertiary/aromatic N) is 9. The van der Waals surface area contributed by atoms with Gasteiger partial charge in [-0.25, -0.2) is 19.3 Å². The fraction of sp³-hybridized carbons (Fsp3) is 0.350. The van der Waals surface area contributed by atoms with E-state index in [1.165, 1.54) is 16.8 Å². The number of benzene rings is 1. The van der Waals surface area contributed by atoms with Crippen LogP contribution in [0, 0.1) is 17.6 Å². The Morgan fingerprint density at radius 3 is 2.79 bits per heavy atom. The molecule has 1 atom stereocenters. The van der Waals surface area contributed by atoms with Crippen LogP contribution in [-0.4, -0.2) is 53.6 Å². The lowest BCUT2D eigenvalue weighted by molar-refractivity contribution is 0.0332. The van der Waals surface area contributed by atoms with Crippen LogP contribution in [0.25, 0.3) is 11.2 Å². The summed E-state index contributed by atoms with van der Waals surface area (Å²) in [5, 5.41) is 27.0. The third-order valence-electron chi connectivity index (χ3n) is 5.47. The lowest BCUT2D eigenvalue weighted by Crippen LogP contribution is -2.26. The molecule has 1 unspecified atom stereocenters. The Balaban J connectivity index is 1.63. The van der Waals surface area contributed by atoms with Crippen molar-refractivity contribution in [3.05, 3.63) is 53.1 Å². The Hall–Kier alpha value is -3.66. The van der Waals surface area contributed by atoms with E-state index in [0.717, 1.165) is 18.2 Å². The Labute approximate surface area is 190 Å². The molecule has 1 aliphatic rings. The minimum Gasteiger partial charge on any atom is -0.353 e. The molecule has 1 aromatic carbocycles. The Morgan fingerprint density at radius 2 is 2.06 bits per heavy atom. The normalized spacial score (nSPS) is 16.4. The Kier molecular flexibility index (Phi) is 5.37. The van der Waals surface area contributed by atoms with E-state index in [9.17, 15) is 0 Å². The minimum atomic E-state index is -3.44. The van der Waals surface area contributed by atoms with Crippen molar-refractivity contribution in [2.45, 2.75) is 31.1 Å². The highest BCUT2D eigenvalue weighted by Gasteiger charge is 2.40. The van der Waals surface area contributed by atoms with Crippen LogP contribution in [0.2, 0.25) is 0 Å². The number of aromatic nitrogens is 7. The third-order valence-corrected chi connectivity index (χ3v) is 6.29. The molecule has 1 fully saturated rings. The van der Waals surface area contributed by atoms with Crippen molar-refractivity contribution >= 4 is 28.7 Å². The van der Waals surface area contributed by atoms with Gasteiger partial charge in [0, 0.05) is 23.9 Å². The van der Waals surface area contributed by atoms with Crippen molar-refractivity contribution in [2.75, 3.05) is 18.0 Å². The Bertz CT molecular complexity index is 1330. The van der Waals surface area contributed by atoms with Crippen LogP contribution >= 0.6 is 11.8 Å². The lowest BCUT2D eigenvalue weighted by Gasteiger charge is -2.21. The van der Waals surface area contributed by atoms with E-state index in [1.54, 1.807) is 25.1 Å². The first-order valence-corrected chi connectivity index (χ1v) is 11.0. The lowest BCUT2D eigenvalue weighted by atomic mass is 10.1. The van der Waals surface area contributed by atoms with Crippen LogP contribution < -0.4 is 4.90 Å². The fourth-order valence-corrected chi connectivity index (χ4v) is 4.34. The molecule has 0 spiro atoms. The van der Waals surface area contributed by atoms with Crippen LogP contribution in [0.4, 0.5) is 14.6 Å². The highest BCUT2D eigenvalue weighted by Crippen LogP contribution is 2.37. The number of hydrogen-bond donors (Lipinski definition) is 0. The average Bonchev–Trinajstić information content (AvgIpc) is 3.55. The molecule has 0 N–H and O–H groups in total. The van der Waals surface area contributed by atoms with Gasteiger partial charge in [-0.1, -0.05) is 45.9 Å². The molecule has 13 heteroatoms. The standard InChI is InChI=1S/C20H17F2N9OS/c1-12-15(28-32-27-12)10-31-18-16(26-29-31)17(30-8-7-14(9-30)33-11-23)24-19(25-18)20(21,22)13-5-3-2-4-6-13/h2-6,14H,7-10H2,1H3. The number of thiocyanates is 1. The van der Waals surface area contributed by atoms with E-state index in [4.69, 9.17) is 9.89 Å². The Morgan fingerprint density at radius 1 is 1.24 bits per heavy atom. The van der Waals surface area contributed by atoms with Gasteiger partial charge in [0.25, 0.3) is 0 Å². The van der Waals surface area contributed by atoms with Crippen LogP contribution in [-0.2, 0) is 12.5 Å². The van der Waals surface area contributed by atoms with Gasteiger partial charge in [0.2, 0.25) is 5.82 Å². The van der Waals surface area contributed by atoms with Gasteiger partial charge in [-0.3, -0.25) is 0 Å². The second-order valence-electron chi connectivity index (χ2n) is 7.59. The maximum absolute atomic E-state index is 15.5. The van der Waals surface area contributed by atoms with E-state index < -0.39 is 11.7 Å². The predicted molar refractivity (Wildman–Crippen MR) is 115 cm³/mol. The van der Waals surface area contributed by atoms with Gasteiger partial charge in [0.15, 0.2) is 17.0 Å². The van der Waals surface area contributed by atoms with E-state index in [1.807, 2.05) is 4.90 Å². The molecule has 3 aromatic heterocycles. The van der Waals surface area contributed by atoms with Gasteiger partial charge in [-0.15, -0.1) is 5.10 Å². The molecule has 4 heterocycles. The molecular formula is C20H17F2N9OS. The molecule has 0 aliphatic carbocycles. The number of rotatable bonds is 6. The molecule has 168 valence electrons. The van der Waals surface area contributed by atoms with Crippen molar-refractivity contribution in [3.8, 4) is 5.40 Å². The van der Waals surface area contributed by atoms with Crippen molar-refractivity contribution in [3.63, 3.8) is 0 Å². The van der Waals surface area contributed by atoms with Crippen LogP contribution in [0.1, 0.15) is 29.2 Å². The number of aryl methyl sites for hydroxylation is 1. The molecule has 0 saturated carbocycles. The maximum atomic E-state index is 15.5. The molecule has 1 saturated heterocycles. The molecule has 1 aliphatic heterocycles. The highest BCUT2D eigenvalue weighted by atomic mass is 32.2. The predicted octanol–water partition coefficient (Wildman–Crippen LogP) is 2.89. The summed E-state index contributed by atoms with van der Waals surface area (Å²) < 4.78 is 37.1. The fourth-order valence-electron chi connectivity index (χ4n) is 3.71. The quantitative estimate of drug-likeness (QED) is 0.390. The smallest absolute Gasteiger partial charge is 0.331 e. The maximum Gasteiger partial charge on any atom is 0.331 e. The van der Waals surface area contributed by atoms with Crippen LogP contribution in [0.5, 0.6) is 0 Å². The van der Waals surface area contributed by atoms with Crippen molar-refractivity contribution in [2.24, 2.45) is 0 Å². The molecule has 4 aromatic rings. The second kappa shape index (κ2) is 8.36. The number of nitriles is 1. The summed E-state index contributed by atoms with van der Waals surface area (Å²) in [6, 6.07) is 7.42. The van der Waals surface area contributed by atoms with Gasteiger partial charge < -0.3 is 4.90 Å². The summed E-state index contributed by atoms with van der Waals surface area (Å²) >= 11 is 1.16. The molecule has 0 bridgehead atoms. The van der Waals surface area contributed by atoms with E-state index in [2.05, 4.69) is 36.0 Å². The first kappa shape index (κ1) is 21.2. The van der Waals surface area contributed by atoms with Gasteiger partial charge in [0.05, 0.1) is 6.54 Å². The number of fused-ring (bicyclic) bond motifs is 1. The van der Waals surface area contributed by atoms with Gasteiger partial charge in [0.1, 0.15) is 16.8 Å². The van der Waals surface area contributed by atoms with Crippen molar-refractivity contribution in [1.82, 2.24) is 35.3 Å². The second-order valence-corrected chi connectivity index (χ2v) is 8.68. The minimum absolute atomic E-state index is 0.0528. The first-order chi connectivity index (χ1) is 16.0. The third kappa shape index (κ3) is 3.86. The zero-order valence-corrected chi connectivity index (χ0v) is 18.2. The zero-order chi connectivity index (χ0) is 23.0. The summed E-state index contributed by atoms with van der Waals surface area (Å²) in [6.07, 6.45) is 0.728. The van der Waals surface area contributed by atoms with E-state index >= 15 is 8.78 Å². The van der Waals surface area contributed by atoms with Gasteiger partial charge >= 0.3 is 5.92 Å². The number of thioether (sulfide) groups is 1. The van der Waals surface area contributed by atoms with Crippen LogP contribution in [0.3, 0.4) is 0 Å². The van der Waals surface area contributed by atoms with Gasteiger partial charge in [-0.2, -0.15) is 14.0 Å². The molecule has 0 amide bonds. The number of halogens is 2. The topological polar surface area (TPSA) is 122 Å². The van der Waals surface area contributed by atoms with E-state index in [-0.39, 0.29) is 28.8 Å². The van der Waals surface area contributed by atoms with E-state index in [0.29, 0.717) is 30.0 Å². The summed E-state index contributed by atoms with van der Waals surface area (Å²) in [4.78, 5) is 10.3. The summed E-state index contributed by atoms with van der Waals surface area (Å²) in [5.74, 6) is -3.82. The zero-order valence-electron chi connectivity index (χ0n) is 17.4. The molecule has 5 rings (SSSR count). The molecule has 0 radical (unpaired) electrons. The molecule has 10 nitrogen and oxygen atoms in total. The summed E-state index contributed by atoms with van der Waals surface area (Å²) in [6.45, 7) is 2.87. The largest absolute Gasteiger partial charge is 0.353 e. The molecule has 33 heavy (non-hydrogen) atoms. The average molecular weight is 469 g/mol. The number of anilines is 1. The van der Waals surface area contributed by atoms with Gasteiger partial charge in [-0.05, 0) is 25.1 Å². The molecular weight excluding hydrogens is 452 g/mol. The first-order valence-electron chi connectivity index (χ1n) is 10.1. The monoisotopic (exact) mass is 469 g/mol. The highest BCUT2D eigenvalue weighted by molar-refractivity contribution is 8.04. The van der Waals surface area contributed by atoms with Crippen LogP contribution in [0.15, 0.2) is 35.0 Å². The van der Waals surface area contributed by atoms with Crippen molar-refractivity contribution in [1.29, 1.82) is 5.26 Å². The van der Waals surface area contributed by atoms with Crippen molar-refractivity contribution < 1.29 is 13.4 Å².